The highest BCUT2D eigenvalue weighted by molar-refractivity contribution is 7.10. The fourth-order valence-corrected chi connectivity index (χ4v) is 2.22. The number of primary amides is 1. The van der Waals surface area contributed by atoms with E-state index in [-0.39, 0.29) is 5.91 Å². The SMILES string of the molecule is CC(C)CCOCCNCc1cc(C(N)=O)cs1. The molecule has 18 heavy (non-hydrogen) atoms. The first-order chi connectivity index (χ1) is 8.59. The second-order valence-corrected chi connectivity index (χ2v) is 5.63. The molecular weight excluding hydrogens is 248 g/mol. The Morgan fingerprint density at radius 2 is 2.28 bits per heavy atom. The Kier molecular flexibility index (Phi) is 6.93. The Hall–Kier alpha value is -0.910. The summed E-state index contributed by atoms with van der Waals surface area (Å²) in [5, 5.41) is 5.07. The molecule has 1 aromatic rings. The van der Waals surface area contributed by atoms with Gasteiger partial charge in [-0.3, -0.25) is 4.79 Å². The largest absolute Gasteiger partial charge is 0.380 e. The van der Waals surface area contributed by atoms with Crippen LogP contribution in [0.25, 0.3) is 0 Å². The van der Waals surface area contributed by atoms with E-state index in [1.54, 1.807) is 16.7 Å². The van der Waals surface area contributed by atoms with Crippen LogP contribution in [0.15, 0.2) is 11.4 Å². The van der Waals surface area contributed by atoms with Gasteiger partial charge in [0.05, 0.1) is 12.2 Å². The van der Waals surface area contributed by atoms with Gasteiger partial charge in [-0.15, -0.1) is 11.3 Å². The van der Waals surface area contributed by atoms with Gasteiger partial charge in [0, 0.05) is 30.0 Å². The van der Waals surface area contributed by atoms with Crippen molar-refractivity contribution in [2.75, 3.05) is 19.8 Å². The molecule has 1 aromatic heterocycles. The van der Waals surface area contributed by atoms with Gasteiger partial charge >= 0.3 is 0 Å². The van der Waals surface area contributed by atoms with Crippen LogP contribution in [0.2, 0.25) is 0 Å². The van der Waals surface area contributed by atoms with Crippen molar-refractivity contribution in [3.8, 4) is 0 Å². The summed E-state index contributed by atoms with van der Waals surface area (Å²) < 4.78 is 5.49. The molecule has 0 spiro atoms. The fourth-order valence-electron chi connectivity index (χ4n) is 1.38. The standard InChI is InChI=1S/C13H22N2O2S/c1-10(2)3-5-17-6-4-15-8-12-7-11(9-18-12)13(14)16/h7,9-10,15H,3-6,8H2,1-2H3,(H2,14,16). The van der Waals surface area contributed by atoms with E-state index < -0.39 is 0 Å². The van der Waals surface area contributed by atoms with Gasteiger partial charge < -0.3 is 15.8 Å². The first-order valence-electron chi connectivity index (χ1n) is 6.25. The van der Waals surface area contributed by atoms with E-state index in [2.05, 4.69) is 19.2 Å². The maximum Gasteiger partial charge on any atom is 0.249 e. The maximum absolute atomic E-state index is 10.9. The van der Waals surface area contributed by atoms with Crippen LogP contribution in [0, 0.1) is 5.92 Å². The maximum atomic E-state index is 10.9. The molecule has 0 aliphatic heterocycles. The van der Waals surface area contributed by atoms with E-state index in [4.69, 9.17) is 10.5 Å². The molecule has 1 rings (SSSR count). The lowest BCUT2D eigenvalue weighted by Crippen LogP contribution is -2.19. The van der Waals surface area contributed by atoms with E-state index in [1.165, 1.54) is 0 Å². The van der Waals surface area contributed by atoms with Crippen molar-refractivity contribution in [3.05, 3.63) is 21.9 Å². The average molecular weight is 270 g/mol. The molecule has 0 aliphatic rings. The number of hydrogen-bond acceptors (Lipinski definition) is 4. The van der Waals surface area contributed by atoms with Crippen molar-refractivity contribution < 1.29 is 9.53 Å². The molecule has 1 amide bonds. The summed E-state index contributed by atoms with van der Waals surface area (Å²) in [7, 11) is 0. The van der Waals surface area contributed by atoms with Crippen LogP contribution in [0.3, 0.4) is 0 Å². The van der Waals surface area contributed by atoms with Gasteiger partial charge in [0.1, 0.15) is 0 Å². The summed E-state index contributed by atoms with van der Waals surface area (Å²) >= 11 is 1.55. The van der Waals surface area contributed by atoms with Crippen molar-refractivity contribution in [1.82, 2.24) is 5.32 Å². The molecule has 102 valence electrons. The van der Waals surface area contributed by atoms with E-state index in [0.29, 0.717) is 11.5 Å². The molecule has 0 aliphatic carbocycles. The Labute approximate surface area is 113 Å². The Balaban J connectivity index is 2.05. The van der Waals surface area contributed by atoms with E-state index >= 15 is 0 Å². The lowest BCUT2D eigenvalue weighted by molar-refractivity contribution is 0.100. The van der Waals surface area contributed by atoms with Gasteiger partial charge in [-0.25, -0.2) is 0 Å². The number of carbonyl (C=O) groups excluding carboxylic acids is 1. The van der Waals surface area contributed by atoms with Crippen LogP contribution in [-0.2, 0) is 11.3 Å². The molecule has 0 unspecified atom stereocenters. The van der Waals surface area contributed by atoms with E-state index in [9.17, 15) is 4.79 Å². The van der Waals surface area contributed by atoms with Gasteiger partial charge in [0.2, 0.25) is 5.91 Å². The van der Waals surface area contributed by atoms with Crippen molar-refractivity contribution >= 4 is 17.2 Å². The topological polar surface area (TPSA) is 64.3 Å². The van der Waals surface area contributed by atoms with Crippen LogP contribution >= 0.6 is 11.3 Å². The highest BCUT2D eigenvalue weighted by Gasteiger charge is 2.03. The molecule has 5 heteroatoms. The smallest absolute Gasteiger partial charge is 0.249 e. The molecule has 0 bridgehead atoms. The molecule has 0 radical (unpaired) electrons. The Morgan fingerprint density at radius 3 is 2.89 bits per heavy atom. The van der Waals surface area contributed by atoms with Crippen LogP contribution in [0.4, 0.5) is 0 Å². The van der Waals surface area contributed by atoms with Gasteiger partial charge in [-0.2, -0.15) is 0 Å². The summed E-state index contributed by atoms with van der Waals surface area (Å²) in [5.74, 6) is 0.325. The first-order valence-corrected chi connectivity index (χ1v) is 7.13. The number of thiophene rings is 1. The predicted octanol–water partition coefficient (Wildman–Crippen LogP) is 2.00. The number of hydrogen-bond donors (Lipinski definition) is 2. The number of ether oxygens (including phenoxy) is 1. The molecule has 0 saturated heterocycles. The summed E-state index contributed by atoms with van der Waals surface area (Å²) in [6.45, 7) is 7.50. The van der Waals surface area contributed by atoms with Gasteiger partial charge in [0.15, 0.2) is 0 Å². The summed E-state index contributed by atoms with van der Waals surface area (Å²) in [6.07, 6.45) is 1.10. The van der Waals surface area contributed by atoms with Crippen molar-refractivity contribution in [3.63, 3.8) is 0 Å². The molecule has 0 aromatic carbocycles. The van der Waals surface area contributed by atoms with Crippen LogP contribution in [-0.4, -0.2) is 25.7 Å². The van der Waals surface area contributed by atoms with Crippen LogP contribution in [0.5, 0.6) is 0 Å². The lowest BCUT2D eigenvalue weighted by Gasteiger charge is -2.06. The van der Waals surface area contributed by atoms with Gasteiger partial charge in [-0.05, 0) is 18.4 Å². The van der Waals surface area contributed by atoms with Crippen LogP contribution in [0.1, 0.15) is 35.5 Å². The fraction of sp³-hybridized carbons (Fsp3) is 0.615. The molecule has 0 fully saturated rings. The molecule has 0 atom stereocenters. The summed E-state index contributed by atoms with van der Waals surface area (Å²) in [4.78, 5) is 12.0. The third-order valence-electron chi connectivity index (χ3n) is 2.50. The average Bonchev–Trinajstić information content (AvgIpc) is 2.76. The molecule has 3 N–H and O–H groups in total. The highest BCUT2D eigenvalue weighted by atomic mass is 32.1. The van der Waals surface area contributed by atoms with Gasteiger partial charge in [0.25, 0.3) is 0 Å². The zero-order valence-corrected chi connectivity index (χ0v) is 11.9. The molecule has 1 heterocycles. The first kappa shape index (κ1) is 15.1. The molecule has 0 saturated carbocycles. The molecular formula is C13H22N2O2S. The quantitative estimate of drug-likeness (QED) is 0.675. The number of rotatable bonds is 9. The van der Waals surface area contributed by atoms with Gasteiger partial charge in [-0.1, -0.05) is 13.8 Å². The Morgan fingerprint density at radius 1 is 1.50 bits per heavy atom. The van der Waals surface area contributed by atoms with E-state index in [1.807, 2.05) is 6.07 Å². The summed E-state index contributed by atoms with van der Waals surface area (Å²) in [6, 6.07) is 1.83. The minimum absolute atomic E-state index is 0.366. The highest BCUT2D eigenvalue weighted by Crippen LogP contribution is 2.13. The predicted molar refractivity (Wildman–Crippen MR) is 74.8 cm³/mol. The number of amides is 1. The monoisotopic (exact) mass is 270 g/mol. The lowest BCUT2D eigenvalue weighted by atomic mass is 10.1. The van der Waals surface area contributed by atoms with Crippen molar-refractivity contribution in [2.24, 2.45) is 11.7 Å². The third kappa shape index (κ3) is 6.14. The third-order valence-corrected chi connectivity index (χ3v) is 3.44. The zero-order chi connectivity index (χ0) is 13.4. The molecule has 4 nitrogen and oxygen atoms in total. The van der Waals surface area contributed by atoms with Crippen molar-refractivity contribution in [2.45, 2.75) is 26.8 Å². The van der Waals surface area contributed by atoms with Crippen LogP contribution < -0.4 is 11.1 Å². The number of nitrogens with one attached hydrogen (secondary N) is 1. The number of nitrogens with two attached hydrogens (primary N) is 1. The van der Waals surface area contributed by atoms with E-state index in [0.717, 1.165) is 37.6 Å². The Bertz CT molecular complexity index is 364. The normalized spacial score (nSPS) is 11.1. The second kappa shape index (κ2) is 8.24. The zero-order valence-electron chi connectivity index (χ0n) is 11.1. The minimum atomic E-state index is -0.366. The van der Waals surface area contributed by atoms with Crippen molar-refractivity contribution in [1.29, 1.82) is 0 Å². The minimum Gasteiger partial charge on any atom is -0.380 e. The number of carbonyl (C=O) groups is 1. The second-order valence-electron chi connectivity index (χ2n) is 4.64. The summed E-state index contributed by atoms with van der Waals surface area (Å²) in [5.41, 5.74) is 5.78.